The molecule has 0 aliphatic rings. The molecule has 2 heterocycles. The number of nitrogens with two attached hydrogens (primary N) is 1. The van der Waals surface area contributed by atoms with Crippen molar-refractivity contribution in [3.05, 3.63) is 71.6 Å². The zero-order valence-corrected chi connectivity index (χ0v) is 10.6. The molecule has 0 radical (unpaired) electrons. The van der Waals surface area contributed by atoms with Gasteiger partial charge in [-0.05, 0) is 30.2 Å². The maximum absolute atomic E-state index is 13.6. The van der Waals surface area contributed by atoms with E-state index in [0.717, 1.165) is 17.1 Å². The third-order valence-electron chi connectivity index (χ3n) is 3.31. The van der Waals surface area contributed by atoms with Crippen LogP contribution >= 0.6 is 0 Å². The molecule has 0 spiro atoms. The molecule has 2 aromatic heterocycles. The van der Waals surface area contributed by atoms with Crippen molar-refractivity contribution >= 4 is 5.52 Å². The number of pyridine rings is 1. The van der Waals surface area contributed by atoms with Crippen molar-refractivity contribution in [2.24, 2.45) is 5.73 Å². The summed E-state index contributed by atoms with van der Waals surface area (Å²) in [6, 6.07) is 8.81. The second-order valence-corrected chi connectivity index (χ2v) is 4.68. The predicted octanol–water partition coefficient (Wildman–Crippen LogP) is 2.86. The first-order valence-electron chi connectivity index (χ1n) is 6.27. The lowest BCUT2D eigenvalue weighted by molar-refractivity contribution is 0.563. The van der Waals surface area contributed by atoms with Gasteiger partial charge in [0.15, 0.2) is 0 Å². The van der Waals surface area contributed by atoms with E-state index >= 15 is 0 Å². The van der Waals surface area contributed by atoms with Crippen molar-refractivity contribution in [1.82, 2.24) is 9.61 Å². The summed E-state index contributed by atoms with van der Waals surface area (Å²) in [4.78, 5) is 0. The van der Waals surface area contributed by atoms with Crippen LogP contribution in [-0.4, -0.2) is 9.61 Å². The predicted molar refractivity (Wildman–Crippen MR) is 72.2 cm³/mol. The van der Waals surface area contributed by atoms with E-state index in [9.17, 15) is 8.78 Å². The number of hydrogen-bond acceptors (Lipinski definition) is 2. The molecule has 0 aliphatic heterocycles. The van der Waals surface area contributed by atoms with Crippen LogP contribution in [0.3, 0.4) is 0 Å². The minimum absolute atomic E-state index is 0.294. The fraction of sp³-hybridized carbons (Fsp3) is 0.133. The van der Waals surface area contributed by atoms with Crippen molar-refractivity contribution in [3.8, 4) is 0 Å². The van der Waals surface area contributed by atoms with E-state index in [1.165, 1.54) is 12.1 Å². The van der Waals surface area contributed by atoms with Crippen LogP contribution in [0.5, 0.6) is 0 Å². The molecule has 0 amide bonds. The van der Waals surface area contributed by atoms with Gasteiger partial charge in [-0.2, -0.15) is 5.10 Å². The molecule has 3 nitrogen and oxygen atoms in total. The van der Waals surface area contributed by atoms with Crippen molar-refractivity contribution in [3.63, 3.8) is 0 Å². The van der Waals surface area contributed by atoms with Gasteiger partial charge in [0.1, 0.15) is 11.6 Å². The number of fused-ring (bicyclic) bond motifs is 1. The molecule has 5 heteroatoms. The molecule has 0 aliphatic carbocycles. The van der Waals surface area contributed by atoms with Gasteiger partial charge >= 0.3 is 0 Å². The van der Waals surface area contributed by atoms with Gasteiger partial charge in [0, 0.05) is 23.9 Å². The smallest absolute Gasteiger partial charge is 0.129 e. The van der Waals surface area contributed by atoms with Gasteiger partial charge in [0.2, 0.25) is 0 Å². The second kappa shape index (κ2) is 5.02. The highest BCUT2D eigenvalue weighted by Gasteiger charge is 2.15. The summed E-state index contributed by atoms with van der Waals surface area (Å²) >= 11 is 0. The largest absolute Gasteiger partial charge is 0.324 e. The average Bonchev–Trinajstić information content (AvgIpc) is 2.86. The van der Waals surface area contributed by atoms with Gasteiger partial charge in [0.25, 0.3) is 0 Å². The van der Waals surface area contributed by atoms with E-state index in [4.69, 9.17) is 5.73 Å². The summed E-state index contributed by atoms with van der Waals surface area (Å²) in [5.41, 5.74) is 8.26. The summed E-state index contributed by atoms with van der Waals surface area (Å²) in [5.74, 6) is -1.16. The van der Waals surface area contributed by atoms with Gasteiger partial charge < -0.3 is 5.73 Å². The topological polar surface area (TPSA) is 43.3 Å². The lowest BCUT2D eigenvalue weighted by Gasteiger charge is -2.11. The first kappa shape index (κ1) is 12.7. The fourth-order valence-electron chi connectivity index (χ4n) is 2.27. The third-order valence-corrected chi connectivity index (χ3v) is 3.31. The highest BCUT2D eigenvalue weighted by molar-refractivity contribution is 5.55. The second-order valence-electron chi connectivity index (χ2n) is 4.68. The number of halogens is 2. The first-order valence-corrected chi connectivity index (χ1v) is 6.27. The van der Waals surface area contributed by atoms with E-state index in [1.807, 2.05) is 24.4 Å². The first-order chi connectivity index (χ1) is 9.65. The zero-order valence-electron chi connectivity index (χ0n) is 10.6. The van der Waals surface area contributed by atoms with Gasteiger partial charge in [-0.1, -0.05) is 12.1 Å². The summed E-state index contributed by atoms with van der Waals surface area (Å²) in [7, 11) is 0. The summed E-state index contributed by atoms with van der Waals surface area (Å²) in [6.45, 7) is 0. The van der Waals surface area contributed by atoms with Crippen LogP contribution < -0.4 is 5.73 Å². The van der Waals surface area contributed by atoms with Gasteiger partial charge in [-0.3, -0.25) is 0 Å². The van der Waals surface area contributed by atoms with E-state index in [-0.39, 0.29) is 0 Å². The SMILES string of the molecule is NC(Cc1ccc(F)cc1F)c1cnn2ccccc12. The third kappa shape index (κ3) is 2.28. The molecular weight excluding hydrogens is 260 g/mol. The lowest BCUT2D eigenvalue weighted by Crippen LogP contribution is -2.14. The van der Waals surface area contributed by atoms with Crippen LogP contribution in [0.25, 0.3) is 5.52 Å². The molecule has 1 aromatic carbocycles. The van der Waals surface area contributed by atoms with E-state index in [2.05, 4.69) is 5.10 Å². The summed E-state index contributed by atoms with van der Waals surface area (Å²) in [6.07, 6.45) is 3.80. The highest BCUT2D eigenvalue weighted by atomic mass is 19.1. The average molecular weight is 273 g/mol. The Hall–Kier alpha value is -2.27. The molecule has 0 saturated carbocycles. The van der Waals surface area contributed by atoms with Crippen LogP contribution in [-0.2, 0) is 6.42 Å². The van der Waals surface area contributed by atoms with E-state index in [1.54, 1.807) is 10.7 Å². The Bertz CT molecular complexity index is 752. The van der Waals surface area contributed by atoms with Crippen molar-refractivity contribution in [2.75, 3.05) is 0 Å². The van der Waals surface area contributed by atoms with Gasteiger partial charge in [0.05, 0.1) is 11.7 Å². The Labute approximate surface area is 114 Å². The highest BCUT2D eigenvalue weighted by Crippen LogP contribution is 2.22. The Morgan fingerprint density at radius 3 is 2.85 bits per heavy atom. The zero-order chi connectivity index (χ0) is 14.1. The Kier molecular flexibility index (Phi) is 3.20. The van der Waals surface area contributed by atoms with Crippen LogP contribution in [0, 0.1) is 11.6 Å². The van der Waals surface area contributed by atoms with Gasteiger partial charge in [-0.25, -0.2) is 13.3 Å². The molecule has 3 rings (SSSR count). The minimum atomic E-state index is -0.587. The van der Waals surface area contributed by atoms with Crippen molar-refractivity contribution in [1.29, 1.82) is 0 Å². The van der Waals surface area contributed by atoms with E-state index < -0.39 is 17.7 Å². The molecule has 0 saturated heterocycles. The molecule has 2 N–H and O–H groups in total. The van der Waals surface area contributed by atoms with E-state index in [0.29, 0.717) is 12.0 Å². The molecule has 0 bridgehead atoms. The molecule has 1 unspecified atom stereocenters. The van der Waals surface area contributed by atoms with Crippen LogP contribution in [0.2, 0.25) is 0 Å². The molecule has 3 aromatic rings. The van der Waals surface area contributed by atoms with Crippen molar-refractivity contribution < 1.29 is 8.78 Å². The quantitative estimate of drug-likeness (QED) is 0.797. The number of aromatic nitrogens is 2. The Morgan fingerprint density at radius 1 is 1.20 bits per heavy atom. The summed E-state index contributed by atoms with van der Waals surface area (Å²) < 4.78 is 28.3. The normalized spacial score (nSPS) is 12.8. The molecule has 20 heavy (non-hydrogen) atoms. The number of benzene rings is 1. The van der Waals surface area contributed by atoms with Crippen LogP contribution in [0.4, 0.5) is 8.78 Å². The van der Waals surface area contributed by atoms with Crippen LogP contribution in [0.15, 0.2) is 48.8 Å². The molecular formula is C15H13F2N3. The fourth-order valence-corrected chi connectivity index (χ4v) is 2.27. The van der Waals surface area contributed by atoms with Crippen molar-refractivity contribution in [2.45, 2.75) is 12.5 Å². The summed E-state index contributed by atoms with van der Waals surface area (Å²) in [5, 5.41) is 4.20. The number of hydrogen-bond donors (Lipinski definition) is 1. The molecule has 0 fully saturated rings. The minimum Gasteiger partial charge on any atom is -0.324 e. The number of rotatable bonds is 3. The molecule has 1 atom stereocenters. The maximum atomic E-state index is 13.6. The lowest BCUT2D eigenvalue weighted by atomic mass is 10.0. The maximum Gasteiger partial charge on any atom is 0.129 e. The van der Waals surface area contributed by atoms with Gasteiger partial charge in [-0.15, -0.1) is 0 Å². The number of nitrogens with zero attached hydrogens (tertiary/aromatic N) is 2. The van der Waals surface area contributed by atoms with Crippen LogP contribution in [0.1, 0.15) is 17.2 Å². The Morgan fingerprint density at radius 2 is 2.05 bits per heavy atom. The monoisotopic (exact) mass is 273 g/mol. The standard InChI is InChI=1S/C15H13F2N3/c16-11-5-4-10(13(17)8-11)7-14(18)12-9-19-20-6-2-1-3-15(12)20/h1-6,8-9,14H,7,18H2. The molecule has 102 valence electrons. The Balaban J connectivity index is 1.91.